The summed E-state index contributed by atoms with van der Waals surface area (Å²) in [6, 6.07) is 16.7. The number of hydrogen-bond acceptors (Lipinski definition) is 4. The van der Waals surface area contributed by atoms with Gasteiger partial charge in [-0.3, -0.25) is 13.9 Å². The van der Waals surface area contributed by atoms with Gasteiger partial charge >= 0.3 is 0 Å². The Morgan fingerprint density at radius 2 is 1.55 bits per heavy atom. The fraction of sp³-hybridized carbons (Fsp3) is 0.355. The highest BCUT2D eigenvalue weighted by Crippen LogP contribution is 2.30. The fourth-order valence-electron chi connectivity index (χ4n) is 4.99. The quantitative estimate of drug-likeness (QED) is 0.256. The van der Waals surface area contributed by atoms with Crippen LogP contribution in [0.2, 0.25) is 15.1 Å². The molecule has 0 spiro atoms. The lowest BCUT2D eigenvalue weighted by Crippen LogP contribution is -2.53. The number of aryl methyl sites for hydroxylation is 1. The van der Waals surface area contributed by atoms with Gasteiger partial charge in [0.25, 0.3) is 10.0 Å². The maximum Gasteiger partial charge on any atom is 0.264 e. The number of rotatable bonds is 10. The highest BCUT2D eigenvalue weighted by atomic mass is 35.5. The standard InChI is InChI=1S/C31H34Cl3N3O4S/c1-21-16-17-24(18-29(21)34)37(42(40,41)25-12-7-4-8-13-25)20-30(38)36(19-26-27(32)14-9-15-28(26)33)22(2)31(39)35-23-10-5-3-6-11-23/h4,7-9,12-18,22-23H,3,5-6,10-11,19-20H2,1-2H3,(H,35,39)/t22-/m1/s1. The Kier molecular flexibility index (Phi) is 10.8. The van der Waals surface area contributed by atoms with Crippen LogP contribution in [0.1, 0.15) is 50.2 Å². The normalized spacial score (nSPS) is 14.7. The minimum atomic E-state index is -4.20. The van der Waals surface area contributed by atoms with E-state index in [1.807, 2.05) is 0 Å². The summed E-state index contributed by atoms with van der Waals surface area (Å²) in [5.74, 6) is -0.928. The van der Waals surface area contributed by atoms with Gasteiger partial charge in [0, 0.05) is 33.2 Å². The van der Waals surface area contributed by atoms with Crippen LogP contribution >= 0.6 is 34.8 Å². The Labute approximate surface area is 262 Å². The van der Waals surface area contributed by atoms with E-state index in [-0.39, 0.29) is 29.1 Å². The summed E-state index contributed by atoms with van der Waals surface area (Å²) in [4.78, 5) is 28.9. The molecule has 7 nitrogen and oxygen atoms in total. The fourth-order valence-corrected chi connectivity index (χ4v) is 7.11. The van der Waals surface area contributed by atoms with Crippen molar-refractivity contribution in [2.75, 3.05) is 10.8 Å². The number of benzene rings is 3. The molecule has 1 aliphatic carbocycles. The van der Waals surface area contributed by atoms with E-state index in [0.717, 1.165) is 42.0 Å². The molecule has 1 fully saturated rings. The highest BCUT2D eigenvalue weighted by Gasteiger charge is 2.34. The predicted molar refractivity (Wildman–Crippen MR) is 169 cm³/mol. The zero-order valence-corrected chi connectivity index (χ0v) is 26.6. The van der Waals surface area contributed by atoms with Crippen LogP contribution in [-0.4, -0.2) is 43.8 Å². The Balaban J connectivity index is 1.72. The number of nitrogens with zero attached hydrogens (tertiary/aromatic N) is 2. The smallest absolute Gasteiger partial charge is 0.264 e. The first-order chi connectivity index (χ1) is 20.0. The molecule has 224 valence electrons. The molecule has 2 amide bonds. The summed E-state index contributed by atoms with van der Waals surface area (Å²) in [7, 11) is -4.20. The zero-order valence-electron chi connectivity index (χ0n) is 23.5. The number of sulfonamides is 1. The molecule has 1 N–H and O–H groups in total. The first kappa shape index (κ1) is 32.1. The summed E-state index contributed by atoms with van der Waals surface area (Å²) in [5.41, 5.74) is 1.44. The van der Waals surface area contributed by atoms with E-state index in [1.54, 1.807) is 62.4 Å². The van der Waals surface area contributed by atoms with Crippen LogP contribution < -0.4 is 9.62 Å². The van der Waals surface area contributed by atoms with Crippen molar-refractivity contribution in [3.05, 3.63) is 92.9 Å². The van der Waals surface area contributed by atoms with E-state index in [4.69, 9.17) is 34.8 Å². The van der Waals surface area contributed by atoms with Crippen LogP contribution in [0.25, 0.3) is 0 Å². The Morgan fingerprint density at radius 1 is 0.905 bits per heavy atom. The van der Waals surface area contributed by atoms with Crippen molar-refractivity contribution in [3.63, 3.8) is 0 Å². The molecular formula is C31H34Cl3N3O4S. The van der Waals surface area contributed by atoms with Crippen LogP contribution in [0.5, 0.6) is 0 Å². The predicted octanol–water partition coefficient (Wildman–Crippen LogP) is 7.02. The molecule has 11 heteroatoms. The number of anilines is 1. The summed E-state index contributed by atoms with van der Waals surface area (Å²) in [6.07, 6.45) is 4.94. The average Bonchev–Trinajstić information content (AvgIpc) is 2.97. The molecule has 4 rings (SSSR count). The molecule has 0 radical (unpaired) electrons. The van der Waals surface area contributed by atoms with Crippen LogP contribution in [-0.2, 0) is 26.2 Å². The van der Waals surface area contributed by atoms with Crippen LogP contribution in [0, 0.1) is 6.92 Å². The second-order valence-corrected chi connectivity index (χ2v) is 13.6. The van der Waals surface area contributed by atoms with Gasteiger partial charge in [-0.05, 0) is 68.7 Å². The number of hydrogen-bond donors (Lipinski definition) is 1. The monoisotopic (exact) mass is 649 g/mol. The molecule has 3 aromatic rings. The van der Waals surface area contributed by atoms with Crippen molar-refractivity contribution < 1.29 is 18.0 Å². The van der Waals surface area contributed by atoms with Gasteiger partial charge in [0.05, 0.1) is 10.6 Å². The van der Waals surface area contributed by atoms with E-state index in [0.29, 0.717) is 20.6 Å². The van der Waals surface area contributed by atoms with Crippen molar-refractivity contribution >= 4 is 62.3 Å². The largest absolute Gasteiger partial charge is 0.352 e. The molecule has 1 saturated carbocycles. The molecule has 1 atom stereocenters. The van der Waals surface area contributed by atoms with Crippen LogP contribution in [0.15, 0.2) is 71.6 Å². The number of carbonyl (C=O) groups is 2. The summed E-state index contributed by atoms with van der Waals surface area (Å²) in [6.45, 7) is 2.75. The van der Waals surface area contributed by atoms with Crippen molar-refractivity contribution in [2.24, 2.45) is 0 Å². The molecular weight excluding hydrogens is 617 g/mol. The first-order valence-corrected chi connectivity index (χ1v) is 16.4. The second kappa shape index (κ2) is 14.1. The van der Waals surface area contributed by atoms with Crippen molar-refractivity contribution in [3.8, 4) is 0 Å². The van der Waals surface area contributed by atoms with Crippen molar-refractivity contribution in [1.82, 2.24) is 10.2 Å². The SMILES string of the molecule is Cc1ccc(N(CC(=O)N(Cc2c(Cl)cccc2Cl)[C@H](C)C(=O)NC2CCCCC2)S(=O)(=O)c2ccccc2)cc1Cl. The molecule has 0 unspecified atom stereocenters. The van der Waals surface area contributed by atoms with Gasteiger partial charge in [-0.2, -0.15) is 0 Å². The Morgan fingerprint density at radius 3 is 2.17 bits per heavy atom. The number of amides is 2. The molecule has 0 aromatic heterocycles. The van der Waals surface area contributed by atoms with Gasteiger partial charge in [0.15, 0.2) is 0 Å². The van der Waals surface area contributed by atoms with Gasteiger partial charge in [-0.25, -0.2) is 8.42 Å². The number of nitrogens with one attached hydrogen (secondary N) is 1. The third-order valence-corrected chi connectivity index (χ3v) is 10.5. The second-order valence-electron chi connectivity index (χ2n) is 10.5. The number of halogens is 3. The maximum absolute atomic E-state index is 14.1. The average molecular weight is 651 g/mol. The molecule has 0 saturated heterocycles. The zero-order chi connectivity index (χ0) is 30.4. The van der Waals surface area contributed by atoms with Crippen molar-refractivity contribution in [2.45, 2.75) is 69.5 Å². The van der Waals surface area contributed by atoms with Gasteiger partial charge in [0.1, 0.15) is 12.6 Å². The van der Waals surface area contributed by atoms with E-state index in [2.05, 4.69) is 5.32 Å². The molecule has 1 aliphatic rings. The lowest BCUT2D eigenvalue weighted by Gasteiger charge is -2.33. The lowest BCUT2D eigenvalue weighted by molar-refractivity contribution is -0.139. The van der Waals surface area contributed by atoms with Crippen LogP contribution in [0.4, 0.5) is 5.69 Å². The van der Waals surface area contributed by atoms with Gasteiger partial charge in [-0.1, -0.05) is 84.4 Å². The highest BCUT2D eigenvalue weighted by molar-refractivity contribution is 7.92. The van der Waals surface area contributed by atoms with Gasteiger partial charge in [0.2, 0.25) is 11.8 Å². The summed E-state index contributed by atoms with van der Waals surface area (Å²) in [5, 5.41) is 4.10. The summed E-state index contributed by atoms with van der Waals surface area (Å²) < 4.78 is 28.8. The lowest BCUT2D eigenvalue weighted by atomic mass is 9.95. The Hall–Kier alpha value is -2.78. The molecule has 0 bridgehead atoms. The van der Waals surface area contributed by atoms with E-state index in [9.17, 15) is 18.0 Å². The molecule has 42 heavy (non-hydrogen) atoms. The third-order valence-electron chi connectivity index (χ3n) is 7.56. The minimum Gasteiger partial charge on any atom is -0.352 e. The minimum absolute atomic E-state index is 0.0123. The first-order valence-electron chi connectivity index (χ1n) is 13.9. The Bertz CT molecular complexity index is 1510. The topological polar surface area (TPSA) is 86.8 Å². The van der Waals surface area contributed by atoms with Gasteiger partial charge in [-0.15, -0.1) is 0 Å². The van der Waals surface area contributed by atoms with Gasteiger partial charge < -0.3 is 10.2 Å². The van der Waals surface area contributed by atoms with E-state index in [1.165, 1.54) is 23.1 Å². The summed E-state index contributed by atoms with van der Waals surface area (Å²) >= 11 is 19.3. The van der Waals surface area contributed by atoms with Crippen LogP contribution in [0.3, 0.4) is 0 Å². The van der Waals surface area contributed by atoms with Crippen molar-refractivity contribution in [1.29, 1.82) is 0 Å². The van der Waals surface area contributed by atoms with E-state index < -0.39 is 28.5 Å². The molecule has 3 aromatic carbocycles. The molecule has 0 heterocycles. The third kappa shape index (κ3) is 7.59. The molecule has 0 aliphatic heterocycles. The number of carbonyl (C=O) groups excluding carboxylic acids is 2. The maximum atomic E-state index is 14.1. The van der Waals surface area contributed by atoms with E-state index >= 15 is 0 Å².